The van der Waals surface area contributed by atoms with Crippen LogP contribution in [-0.4, -0.2) is 65.1 Å². The van der Waals surface area contributed by atoms with Gasteiger partial charge in [-0.15, -0.1) is 0 Å². The molecule has 220 valence electrons. The topological polar surface area (TPSA) is 96.5 Å². The lowest BCUT2D eigenvalue weighted by Gasteiger charge is -2.42. The minimum absolute atomic E-state index is 0.0220. The van der Waals surface area contributed by atoms with Gasteiger partial charge in [0, 0.05) is 35.3 Å². The van der Waals surface area contributed by atoms with Gasteiger partial charge in [0.05, 0.1) is 17.4 Å². The zero-order valence-electron chi connectivity index (χ0n) is 24.3. The normalized spacial score (nSPS) is 15.2. The van der Waals surface area contributed by atoms with E-state index in [-0.39, 0.29) is 29.7 Å². The highest BCUT2D eigenvalue weighted by atomic mass is 19.1. The number of fused-ring (bicyclic) bond motifs is 1. The molecule has 1 aliphatic heterocycles. The summed E-state index contributed by atoms with van der Waals surface area (Å²) in [6.07, 6.45) is 1.95. The number of anilines is 1. The standard InChI is InChI=1S/C31H39F2N6O2/c1-5-15-34-30(40)21-13-12-20(4)23(19-21)27-22-14-18-39(41)29(26-24(32)10-8-11-25(26)33)28(22)37-31(36-27)35-16-9-17-38(6-2)7-3/h8,10-13,19,29H,5-7,9,14-18H2,1-4H3,(H,34,40)(H,35,36,37)/q-1. The molecule has 0 bridgehead atoms. The van der Waals surface area contributed by atoms with Crippen LogP contribution in [-0.2, 0) is 6.42 Å². The largest absolute Gasteiger partial charge is 0.784 e. The third-order valence-electron chi connectivity index (χ3n) is 7.56. The number of benzene rings is 2. The summed E-state index contributed by atoms with van der Waals surface area (Å²) in [6, 6.07) is 7.72. The molecule has 0 aliphatic carbocycles. The number of carbonyl (C=O) groups is 1. The van der Waals surface area contributed by atoms with Crippen molar-refractivity contribution in [2.24, 2.45) is 0 Å². The number of halogens is 2. The Labute approximate surface area is 240 Å². The molecule has 0 spiro atoms. The van der Waals surface area contributed by atoms with Crippen molar-refractivity contribution in [2.75, 3.05) is 44.6 Å². The smallest absolute Gasteiger partial charge is 0.251 e. The lowest BCUT2D eigenvalue weighted by molar-refractivity contribution is 0.0953. The van der Waals surface area contributed by atoms with Crippen LogP contribution in [0.25, 0.3) is 11.3 Å². The van der Waals surface area contributed by atoms with Crippen LogP contribution >= 0.6 is 0 Å². The summed E-state index contributed by atoms with van der Waals surface area (Å²) in [5, 5.41) is 20.0. The maximum atomic E-state index is 15.0. The van der Waals surface area contributed by atoms with E-state index >= 15 is 8.78 Å². The second-order valence-corrected chi connectivity index (χ2v) is 10.3. The summed E-state index contributed by atoms with van der Waals surface area (Å²) < 4.78 is 30.0. The summed E-state index contributed by atoms with van der Waals surface area (Å²) in [5.41, 5.74) is 3.22. The molecule has 1 aromatic heterocycles. The Morgan fingerprint density at radius 1 is 1.10 bits per heavy atom. The van der Waals surface area contributed by atoms with E-state index in [1.807, 2.05) is 19.9 Å². The van der Waals surface area contributed by atoms with Crippen molar-refractivity contribution in [3.05, 3.63) is 81.2 Å². The molecule has 10 heteroatoms. The molecule has 3 aromatic rings. The van der Waals surface area contributed by atoms with Crippen LogP contribution < -0.4 is 10.6 Å². The minimum Gasteiger partial charge on any atom is -0.784 e. The fourth-order valence-corrected chi connectivity index (χ4v) is 5.22. The van der Waals surface area contributed by atoms with Crippen molar-refractivity contribution >= 4 is 11.9 Å². The zero-order valence-corrected chi connectivity index (χ0v) is 24.3. The summed E-state index contributed by atoms with van der Waals surface area (Å²) in [7, 11) is 0. The Bertz CT molecular complexity index is 1340. The number of rotatable bonds is 12. The Morgan fingerprint density at radius 3 is 2.51 bits per heavy atom. The number of hydrogen-bond acceptors (Lipinski definition) is 7. The molecule has 1 amide bonds. The highest BCUT2D eigenvalue weighted by Gasteiger charge is 2.33. The van der Waals surface area contributed by atoms with E-state index in [1.54, 1.807) is 12.1 Å². The quantitative estimate of drug-likeness (QED) is 0.282. The summed E-state index contributed by atoms with van der Waals surface area (Å²) in [5.74, 6) is -1.52. The van der Waals surface area contributed by atoms with Crippen LogP contribution in [0.2, 0.25) is 0 Å². The molecule has 2 aromatic carbocycles. The number of aryl methyl sites for hydroxylation is 1. The Hall–Kier alpha value is -3.47. The molecule has 1 aliphatic rings. The first-order valence-corrected chi connectivity index (χ1v) is 14.4. The SMILES string of the molecule is CCCNC(=O)c1ccc(C)c(-c2nc(NCCCN(CC)CC)nc3c2CCN([O-])C3c2c(F)cccc2F)c1. The number of nitrogens with zero attached hydrogens (tertiary/aromatic N) is 4. The summed E-state index contributed by atoms with van der Waals surface area (Å²) in [6.45, 7) is 12.1. The lowest BCUT2D eigenvalue weighted by atomic mass is 9.89. The van der Waals surface area contributed by atoms with Gasteiger partial charge in [0.1, 0.15) is 11.6 Å². The van der Waals surface area contributed by atoms with Crippen molar-refractivity contribution in [3.63, 3.8) is 0 Å². The van der Waals surface area contributed by atoms with E-state index in [1.165, 1.54) is 6.07 Å². The van der Waals surface area contributed by atoms with Gasteiger partial charge in [-0.2, -0.15) is 0 Å². The molecule has 2 heterocycles. The first-order chi connectivity index (χ1) is 19.8. The van der Waals surface area contributed by atoms with Crippen LogP contribution in [0.3, 0.4) is 0 Å². The average molecular weight is 566 g/mol. The first kappa shape index (κ1) is 30.5. The summed E-state index contributed by atoms with van der Waals surface area (Å²) in [4.78, 5) is 24.7. The number of carbonyl (C=O) groups excluding carboxylic acids is 1. The molecular formula is C31H39F2N6O2-. The number of hydroxylamine groups is 2. The van der Waals surface area contributed by atoms with Gasteiger partial charge in [-0.05, 0) is 82.2 Å². The molecule has 4 rings (SSSR count). The van der Waals surface area contributed by atoms with E-state index in [4.69, 9.17) is 4.98 Å². The van der Waals surface area contributed by atoms with Gasteiger partial charge in [-0.3, -0.25) is 4.79 Å². The molecule has 8 nitrogen and oxygen atoms in total. The minimum atomic E-state index is -1.27. The van der Waals surface area contributed by atoms with Gasteiger partial charge < -0.3 is 25.8 Å². The number of nitrogens with one attached hydrogen (secondary N) is 2. The van der Waals surface area contributed by atoms with Crippen molar-refractivity contribution < 1.29 is 13.6 Å². The van der Waals surface area contributed by atoms with Gasteiger partial charge in [-0.25, -0.2) is 18.7 Å². The second-order valence-electron chi connectivity index (χ2n) is 10.3. The van der Waals surface area contributed by atoms with Gasteiger partial charge >= 0.3 is 0 Å². The Kier molecular flexibility index (Phi) is 10.4. The number of hydrogen-bond donors (Lipinski definition) is 2. The van der Waals surface area contributed by atoms with Gasteiger partial charge in [0.15, 0.2) is 0 Å². The van der Waals surface area contributed by atoms with Crippen LogP contribution in [0, 0.1) is 23.8 Å². The first-order valence-electron chi connectivity index (χ1n) is 14.4. The fraction of sp³-hybridized carbons (Fsp3) is 0.452. The molecule has 41 heavy (non-hydrogen) atoms. The second kappa shape index (κ2) is 13.9. The maximum absolute atomic E-state index is 15.0. The number of amides is 1. The molecule has 0 fully saturated rings. The van der Waals surface area contributed by atoms with E-state index in [2.05, 4.69) is 34.4 Å². The molecule has 0 saturated carbocycles. The Balaban J connectivity index is 1.82. The molecule has 0 radical (unpaired) electrons. The van der Waals surface area contributed by atoms with Gasteiger partial charge in [0.2, 0.25) is 5.95 Å². The van der Waals surface area contributed by atoms with Gasteiger partial charge in [0.25, 0.3) is 5.91 Å². The van der Waals surface area contributed by atoms with Crippen LogP contribution in [0.5, 0.6) is 0 Å². The molecule has 1 atom stereocenters. The molecule has 0 saturated heterocycles. The Morgan fingerprint density at radius 2 is 1.83 bits per heavy atom. The van der Waals surface area contributed by atoms with E-state index < -0.39 is 17.7 Å². The van der Waals surface area contributed by atoms with Crippen LogP contribution in [0.4, 0.5) is 14.7 Å². The van der Waals surface area contributed by atoms with Crippen molar-refractivity contribution in [1.29, 1.82) is 0 Å². The van der Waals surface area contributed by atoms with E-state index in [0.29, 0.717) is 47.0 Å². The van der Waals surface area contributed by atoms with Crippen molar-refractivity contribution in [1.82, 2.24) is 25.2 Å². The predicted molar refractivity (Wildman–Crippen MR) is 158 cm³/mol. The van der Waals surface area contributed by atoms with Crippen molar-refractivity contribution in [2.45, 2.75) is 53.0 Å². The molecular weight excluding hydrogens is 526 g/mol. The van der Waals surface area contributed by atoms with Crippen LogP contribution in [0.15, 0.2) is 36.4 Å². The van der Waals surface area contributed by atoms with E-state index in [9.17, 15) is 10.0 Å². The number of aromatic nitrogens is 2. The predicted octanol–water partition coefficient (Wildman–Crippen LogP) is 5.46. The third-order valence-corrected chi connectivity index (χ3v) is 7.56. The maximum Gasteiger partial charge on any atom is 0.251 e. The fourth-order valence-electron chi connectivity index (χ4n) is 5.22. The summed E-state index contributed by atoms with van der Waals surface area (Å²) >= 11 is 0. The average Bonchev–Trinajstić information content (AvgIpc) is 2.96. The zero-order chi connectivity index (χ0) is 29.5. The van der Waals surface area contributed by atoms with Crippen LogP contribution in [0.1, 0.15) is 72.4 Å². The van der Waals surface area contributed by atoms with E-state index in [0.717, 1.165) is 50.2 Å². The van der Waals surface area contributed by atoms with Gasteiger partial charge in [-0.1, -0.05) is 32.9 Å². The highest BCUT2D eigenvalue weighted by Crippen LogP contribution is 2.40. The lowest BCUT2D eigenvalue weighted by Crippen LogP contribution is -2.34. The highest BCUT2D eigenvalue weighted by molar-refractivity contribution is 5.95. The van der Waals surface area contributed by atoms with Crippen molar-refractivity contribution in [3.8, 4) is 11.3 Å². The monoisotopic (exact) mass is 565 g/mol. The molecule has 1 unspecified atom stereocenters. The molecule has 2 N–H and O–H groups in total. The third kappa shape index (κ3) is 6.89.